The summed E-state index contributed by atoms with van der Waals surface area (Å²) in [6, 6.07) is 1.02. The molecule has 1 N–H and O–H groups in total. The molecule has 3 nitrogen and oxygen atoms in total. The Hall–Kier alpha value is -0.380. The summed E-state index contributed by atoms with van der Waals surface area (Å²) in [7, 11) is 0. The first kappa shape index (κ1) is 7.28. The monoisotopic (exact) mass is 172 g/mol. The van der Waals surface area contributed by atoms with E-state index < -0.39 is 0 Å². The molecule has 0 aromatic carbocycles. The van der Waals surface area contributed by atoms with E-state index in [1.54, 1.807) is 0 Å². The van der Waals surface area contributed by atoms with E-state index in [0.29, 0.717) is 12.1 Å². The zero-order valence-electron chi connectivity index (χ0n) is 6.54. The molecule has 11 heavy (non-hydrogen) atoms. The van der Waals surface area contributed by atoms with E-state index >= 15 is 0 Å². The zero-order chi connectivity index (χ0) is 7.84. The van der Waals surface area contributed by atoms with E-state index in [-0.39, 0.29) is 6.03 Å². The summed E-state index contributed by atoms with van der Waals surface area (Å²) in [4.78, 5) is 13.2. The molecule has 2 aliphatic heterocycles. The molecule has 62 valence electrons. The highest BCUT2D eigenvalue weighted by Crippen LogP contribution is 2.27. The van der Waals surface area contributed by atoms with Crippen molar-refractivity contribution in [1.29, 1.82) is 0 Å². The van der Waals surface area contributed by atoms with Crippen molar-refractivity contribution in [3.05, 3.63) is 0 Å². The smallest absolute Gasteiger partial charge is 0.318 e. The van der Waals surface area contributed by atoms with Gasteiger partial charge in [0.25, 0.3) is 0 Å². The molecule has 0 bridgehead atoms. The van der Waals surface area contributed by atoms with Gasteiger partial charge in [-0.1, -0.05) is 0 Å². The second-order valence-corrected chi connectivity index (χ2v) is 4.02. The Morgan fingerprint density at radius 2 is 2.55 bits per heavy atom. The standard InChI is InChI=1S/C7H12N2OS/c1-2-9-6-4-11-3-5(6)8-7(9)10/h5-6H,2-4H2,1H3,(H,8,10)/t5-,6+/m0/s1. The molecule has 2 atom stereocenters. The summed E-state index contributed by atoms with van der Waals surface area (Å²) in [5.74, 6) is 2.20. The number of likely N-dealkylation sites (N-methyl/N-ethyl adjacent to an activating group) is 1. The minimum Gasteiger partial charge on any atom is -0.332 e. The molecule has 2 heterocycles. The summed E-state index contributed by atoms with van der Waals surface area (Å²) in [5, 5.41) is 2.98. The van der Waals surface area contributed by atoms with Crippen molar-refractivity contribution in [2.45, 2.75) is 19.0 Å². The first-order chi connectivity index (χ1) is 5.33. The average molecular weight is 172 g/mol. The predicted molar refractivity (Wildman–Crippen MR) is 45.8 cm³/mol. The third-order valence-corrected chi connectivity index (χ3v) is 3.53. The van der Waals surface area contributed by atoms with E-state index in [4.69, 9.17) is 0 Å². The Morgan fingerprint density at radius 1 is 1.73 bits per heavy atom. The normalized spacial score (nSPS) is 35.7. The van der Waals surface area contributed by atoms with E-state index in [9.17, 15) is 4.79 Å². The maximum Gasteiger partial charge on any atom is 0.318 e. The van der Waals surface area contributed by atoms with Crippen molar-refractivity contribution in [1.82, 2.24) is 10.2 Å². The van der Waals surface area contributed by atoms with Crippen LogP contribution in [0.15, 0.2) is 0 Å². The van der Waals surface area contributed by atoms with Gasteiger partial charge in [-0.25, -0.2) is 4.79 Å². The Balaban J connectivity index is 2.13. The van der Waals surface area contributed by atoms with Crippen molar-refractivity contribution in [3.63, 3.8) is 0 Å². The lowest BCUT2D eigenvalue weighted by Gasteiger charge is -2.18. The van der Waals surface area contributed by atoms with Gasteiger partial charge in [0.05, 0.1) is 12.1 Å². The first-order valence-corrected chi connectivity index (χ1v) is 5.13. The number of nitrogens with one attached hydrogen (secondary N) is 1. The average Bonchev–Trinajstić information content (AvgIpc) is 2.46. The lowest BCUT2D eigenvalue weighted by atomic mass is 10.2. The quantitative estimate of drug-likeness (QED) is 0.585. The zero-order valence-corrected chi connectivity index (χ0v) is 7.36. The van der Waals surface area contributed by atoms with Crippen LogP contribution in [0.1, 0.15) is 6.92 Å². The second kappa shape index (κ2) is 2.59. The molecule has 0 aromatic heterocycles. The first-order valence-electron chi connectivity index (χ1n) is 3.98. The van der Waals surface area contributed by atoms with Gasteiger partial charge in [0.1, 0.15) is 0 Å². The SMILES string of the molecule is CCN1C(=O)N[C@H]2CSC[C@H]21. The Labute approximate surface area is 70.5 Å². The summed E-state index contributed by atoms with van der Waals surface area (Å²) in [5.41, 5.74) is 0. The second-order valence-electron chi connectivity index (χ2n) is 2.95. The molecule has 2 fully saturated rings. The van der Waals surface area contributed by atoms with Gasteiger partial charge >= 0.3 is 6.03 Å². The number of rotatable bonds is 1. The molecular formula is C7H12N2OS. The van der Waals surface area contributed by atoms with Crippen molar-refractivity contribution in [2.75, 3.05) is 18.1 Å². The molecule has 0 unspecified atom stereocenters. The highest BCUT2D eigenvalue weighted by atomic mass is 32.2. The fraction of sp³-hybridized carbons (Fsp3) is 0.857. The molecule has 2 amide bonds. The van der Waals surface area contributed by atoms with Crippen molar-refractivity contribution in [2.24, 2.45) is 0 Å². The lowest BCUT2D eigenvalue weighted by Crippen LogP contribution is -2.35. The van der Waals surface area contributed by atoms with E-state index in [1.165, 1.54) is 0 Å². The van der Waals surface area contributed by atoms with Gasteiger partial charge in [0, 0.05) is 18.1 Å². The third-order valence-electron chi connectivity index (χ3n) is 2.36. The number of hydrogen-bond donors (Lipinski definition) is 1. The fourth-order valence-electron chi connectivity index (χ4n) is 1.76. The summed E-state index contributed by atoms with van der Waals surface area (Å²) < 4.78 is 0. The largest absolute Gasteiger partial charge is 0.332 e. The van der Waals surface area contributed by atoms with Crippen molar-refractivity contribution < 1.29 is 4.79 Å². The van der Waals surface area contributed by atoms with Gasteiger partial charge in [-0.05, 0) is 6.92 Å². The van der Waals surface area contributed by atoms with Crippen LogP contribution in [0.4, 0.5) is 4.79 Å². The molecular weight excluding hydrogens is 160 g/mol. The molecule has 0 aliphatic carbocycles. The number of fused-ring (bicyclic) bond motifs is 1. The molecule has 0 spiro atoms. The van der Waals surface area contributed by atoms with Crippen LogP contribution in [0.5, 0.6) is 0 Å². The molecule has 0 saturated carbocycles. The predicted octanol–water partition coefficient (Wildman–Crippen LogP) is 0.515. The van der Waals surface area contributed by atoms with Crippen LogP contribution in [0.3, 0.4) is 0 Å². The van der Waals surface area contributed by atoms with E-state index in [0.717, 1.165) is 18.1 Å². The maximum atomic E-state index is 11.2. The Kier molecular flexibility index (Phi) is 1.71. The van der Waals surface area contributed by atoms with Gasteiger partial charge in [0.15, 0.2) is 0 Å². The number of carbonyl (C=O) groups is 1. The molecule has 0 aromatic rings. The number of thioether (sulfide) groups is 1. The van der Waals surface area contributed by atoms with Crippen LogP contribution in [0.2, 0.25) is 0 Å². The Morgan fingerprint density at radius 3 is 3.27 bits per heavy atom. The van der Waals surface area contributed by atoms with Gasteiger partial charge in [-0.15, -0.1) is 0 Å². The number of hydrogen-bond acceptors (Lipinski definition) is 2. The van der Waals surface area contributed by atoms with Crippen LogP contribution in [-0.4, -0.2) is 41.1 Å². The van der Waals surface area contributed by atoms with Crippen LogP contribution in [0.25, 0.3) is 0 Å². The lowest BCUT2D eigenvalue weighted by molar-refractivity contribution is 0.210. The number of amides is 2. The fourth-order valence-corrected chi connectivity index (χ4v) is 3.11. The van der Waals surface area contributed by atoms with Crippen LogP contribution < -0.4 is 5.32 Å². The highest BCUT2D eigenvalue weighted by molar-refractivity contribution is 7.99. The van der Waals surface area contributed by atoms with Crippen molar-refractivity contribution >= 4 is 17.8 Å². The third kappa shape index (κ3) is 1.00. The molecule has 2 saturated heterocycles. The summed E-state index contributed by atoms with van der Waals surface area (Å²) in [6.45, 7) is 2.87. The van der Waals surface area contributed by atoms with E-state index in [2.05, 4.69) is 5.32 Å². The molecule has 4 heteroatoms. The van der Waals surface area contributed by atoms with E-state index in [1.807, 2.05) is 23.6 Å². The van der Waals surface area contributed by atoms with Crippen molar-refractivity contribution in [3.8, 4) is 0 Å². The van der Waals surface area contributed by atoms with Gasteiger partial charge in [-0.3, -0.25) is 0 Å². The van der Waals surface area contributed by atoms with Gasteiger partial charge in [0.2, 0.25) is 0 Å². The summed E-state index contributed by atoms with van der Waals surface area (Å²) >= 11 is 1.93. The minimum atomic E-state index is 0.128. The number of urea groups is 1. The highest BCUT2D eigenvalue weighted by Gasteiger charge is 2.41. The maximum absolute atomic E-state index is 11.2. The molecule has 0 radical (unpaired) electrons. The van der Waals surface area contributed by atoms with Crippen LogP contribution in [-0.2, 0) is 0 Å². The van der Waals surface area contributed by atoms with Gasteiger partial charge in [-0.2, -0.15) is 11.8 Å². The molecule has 2 rings (SSSR count). The number of carbonyl (C=O) groups excluding carboxylic acids is 1. The summed E-state index contributed by atoms with van der Waals surface area (Å²) in [6.07, 6.45) is 0. The molecule has 2 aliphatic rings. The minimum absolute atomic E-state index is 0.128. The Bertz CT molecular complexity index is 185. The van der Waals surface area contributed by atoms with Crippen LogP contribution in [0, 0.1) is 0 Å². The topological polar surface area (TPSA) is 32.3 Å². The number of nitrogens with zero attached hydrogens (tertiary/aromatic N) is 1. The van der Waals surface area contributed by atoms with Gasteiger partial charge < -0.3 is 10.2 Å². The van der Waals surface area contributed by atoms with Crippen LogP contribution >= 0.6 is 11.8 Å².